The summed E-state index contributed by atoms with van der Waals surface area (Å²) in [4.78, 5) is 0. The van der Waals surface area contributed by atoms with Gasteiger partial charge in [-0.3, -0.25) is 0 Å². The summed E-state index contributed by atoms with van der Waals surface area (Å²) < 4.78 is 7.70. The van der Waals surface area contributed by atoms with Crippen LogP contribution in [0, 0.1) is 6.20 Å². The molecule has 3 N–H and O–H groups in total. The molecule has 0 bridgehead atoms. The van der Waals surface area contributed by atoms with Crippen molar-refractivity contribution in [2.24, 2.45) is 4.40 Å². The number of hydrogen-bond acceptors (Lipinski definition) is 2. The zero-order chi connectivity index (χ0) is 4.12. The Hall–Kier alpha value is 0.149. The summed E-state index contributed by atoms with van der Waals surface area (Å²) in [7, 11) is 0. The molecule has 0 spiro atoms. The molecule has 0 aliphatic carbocycles. The van der Waals surface area contributed by atoms with Gasteiger partial charge in [0, 0.05) is 0 Å². The van der Waals surface area contributed by atoms with E-state index in [0.29, 0.717) is 0 Å². The van der Waals surface area contributed by atoms with Gasteiger partial charge < -0.3 is 0 Å². The Labute approximate surface area is 40.0 Å². The second-order valence-corrected chi connectivity index (χ2v) is 1.65. The molecule has 5 heavy (non-hydrogen) atoms. The summed E-state index contributed by atoms with van der Waals surface area (Å²) in [5.41, 5.74) is 0. The first kappa shape index (κ1) is 5.15. The first-order valence-corrected chi connectivity index (χ1v) is 3.54. The predicted octanol–water partition coefficient (Wildman–Crippen LogP) is -0.606. The molecule has 0 amide bonds. The third kappa shape index (κ3) is 4.15. The maximum atomic E-state index is 5.05. The van der Waals surface area contributed by atoms with Gasteiger partial charge in [-0.2, -0.15) is 0 Å². The topological polar surface area (TPSA) is 38.0 Å². The van der Waals surface area contributed by atoms with Crippen molar-refractivity contribution in [3.05, 3.63) is 12.8 Å². The second kappa shape index (κ2) is 4.15. The van der Waals surface area contributed by atoms with Gasteiger partial charge in [0.15, 0.2) is 0 Å². The van der Waals surface area contributed by atoms with Gasteiger partial charge in [-0.05, 0) is 0 Å². The van der Waals surface area contributed by atoms with Crippen LogP contribution < -0.4 is 8.39 Å². The van der Waals surface area contributed by atoms with Crippen molar-refractivity contribution in [1.82, 2.24) is 3.99 Å². The van der Waals surface area contributed by atoms with Gasteiger partial charge in [-0.25, -0.2) is 0 Å². The molecule has 1 radical (unpaired) electrons. The minimum absolute atomic E-state index is 0.417. The normalized spacial score (nSPS) is 7.40. The van der Waals surface area contributed by atoms with E-state index >= 15 is 0 Å². The van der Waals surface area contributed by atoms with E-state index in [4.69, 9.17) is 4.40 Å². The van der Waals surface area contributed by atoms with Crippen LogP contribution in [0.25, 0.3) is 0 Å². The first-order chi connectivity index (χ1) is 2.41. The summed E-state index contributed by atoms with van der Waals surface area (Å²) in [5, 5.41) is 0. The van der Waals surface area contributed by atoms with E-state index in [1.807, 2.05) is 0 Å². The Kier molecular flexibility index (Phi) is 4.27. The van der Waals surface area contributed by atoms with Crippen LogP contribution in [0.1, 0.15) is 0 Å². The molecule has 0 rings (SSSR count). The number of hydrogen-bond donors (Lipinski definition) is 2. The van der Waals surface area contributed by atoms with Crippen molar-refractivity contribution < 1.29 is 18.2 Å². The average molecular weight is 249 g/mol. The molecular formula is C2H5IrN2. The Bertz CT molecular complexity index is 28.8. The van der Waals surface area contributed by atoms with Gasteiger partial charge >= 0.3 is 39.4 Å². The van der Waals surface area contributed by atoms with E-state index in [9.17, 15) is 0 Å². The van der Waals surface area contributed by atoms with Crippen LogP contribution in [0.2, 0.25) is 0 Å². The van der Waals surface area contributed by atoms with E-state index in [2.05, 4.69) is 16.8 Å². The third-order valence-electron chi connectivity index (χ3n) is 0.107. The SMILES string of the molecule is C=[C][NH][Ir][NH2]. The Morgan fingerprint density at radius 3 is 2.60 bits per heavy atom. The van der Waals surface area contributed by atoms with Crippen LogP contribution in [0.3, 0.4) is 0 Å². The van der Waals surface area contributed by atoms with Gasteiger partial charge in [0.25, 0.3) is 0 Å². The molecule has 0 heterocycles. The van der Waals surface area contributed by atoms with E-state index in [-0.39, 0.29) is 0 Å². The molecular weight excluding hydrogens is 244 g/mol. The molecule has 0 aliphatic heterocycles. The summed E-state index contributed by atoms with van der Waals surface area (Å²) in [5.74, 6) is 0. The van der Waals surface area contributed by atoms with E-state index in [1.165, 1.54) is 0 Å². The average Bonchev–Trinajstić information content (AvgIpc) is 1.41. The van der Waals surface area contributed by atoms with Gasteiger partial charge in [0.2, 0.25) is 0 Å². The molecule has 0 saturated heterocycles. The molecule has 0 aromatic rings. The molecule has 32 valence electrons. The Balaban J connectivity index is 2.40. The molecule has 0 saturated carbocycles. The molecule has 0 atom stereocenters. The zero-order valence-electron chi connectivity index (χ0n) is 2.62. The van der Waals surface area contributed by atoms with Gasteiger partial charge in [0.05, 0.1) is 0 Å². The number of nitrogens with two attached hydrogens (primary N) is 1. The standard InChI is InChI=1S/C2H3N.Ir.H2N/c1-2-3;;/h3H,1H2;;1H2/q-1;+2;-1. The fraction of sp³-hybridized carbons (Fsp3) is 0. The monoisotopic (exact) mass is 250 g/mol. The van der Waals surface area contributed by atoms with Gasteiger partial charge in [-0.1, -0.05) is 0 Å². The van der Waals surface area contributed by atoms with Crippen LogP contribution in [-0.4, -0.2) is 0 Å². The fourth-order valence-electron chi connectivity index (χ4n) is 0.0340. The zero-order valence-corrected chi connectivity index (χ0v) is 5.01. The molecule has 0 aromatic carbocycles. The maximum absolute atomic E-state index is 5.05. The van der Waals surface area contributed by atoms with Crippen molar-refractivity contribution in [3.63, 3.8) is 0 Å². The van der Waals surface area contributed by atoms with Crippen molar-refractivity contribution in [1.29, 1.82) is 0 Å². The van der Waals surface area contributed by atoms with Crippen LogP contribution in [-0.2, 0) is 18.2 Å². The number of nitrogens with one attached hydrogen (secondary N) is 1. The van der Waals surface area contributed by atoms with Crippen LogP contribution in [0.5, 0.6) is 0 Å². The number of rotatable bonds is 2. The van der Waals surface area contributed by atoms with Crippen molar-refractivity contribution in [2.45, 2.75) is 0 Å². The van der Waals surface area contributed by atoms with Crippen LogP contribution >= 0.6 is 0 Å². The van der Waals surface area contributed by atoms with Crippen LogP contribution in [0.4, 0.5) is 0 Å². The summed E-state index contributed by atoms with van der Waals surface area (Å²) in [6, 6.07) is 0. The van der Waals surface area contributed by atoms with Crippen molar-refractivity contribution in [2.75, 3.05) is 0 Å². The third-order valence-corrected chi connectivity index (χ3v) is 0.876. The molecule has 0 fully saturated rings. The fourth-order valence-corrected chi connectivity index (χ4v) is 0.278. The molecule has 3 heteroatoms. The summed E-state index contributed by atoms with van der Waals surface area (Å²) in [6.45, 7) is 3.27. The van der Waals surface area contributed by atoms with Crippen molar-refractivity contribution >= 4 is 0 Å². The molecule has 0 aliphatic rings. The molecule has 0 aromatic heterocycles. The molecule has 0 unspecified atom stereocenters. The van der Waals surface area contributed by atoms with E-state index < -0.39 is 18.2 Å². The first-order valence-electron chi connectivity index (χ1n) is 0.963. The summed E-state index contributed by atoms with van der Waals surface area (Å²) >= 11 is -0.417. The van der Waals surface area contributed by atoms with Gasteiger partial charge in [0.1, 0.15) is 0 Å². The second-order valence-electron chi connectivity index (χ2n) is 0.356. The van der Waals surface area contributed by atoms with E-state index in [1.54, 1.807) is 0 Å². The predicted molar refractivity (Wildman–Crippen MR) is 16.2 cm³/mol. The molecule has 2 nitrogen and oxygen atoms in total. The van der Waals surface area contributed by atoms with Crippen LogP contribution in [0.15, 0.2) is 6.58 Å². The minimum atomic E-state index is -0.417. The Morgan fingerprint density at radius 1 is 2.00 bits per heavy atom. The quantitative estimate of drug-likeness (QED) is 0.641. The summed E-state index contributed by atoms with van der Waals surface area (Å²) in [6.07, 6.45) is 2.45. The van der Waals surface area contributed by atoms with Gasteiger partial charge in [-0.15, -0.1) is 0 Å². The Morgan fingerprint density at radius 2 is 2.60 bits per heavy atom. The van der Waals surface area contributed by atoms with E-state index in [0.717, 1.165) is 0 Å². The van der Waals surface area contributed by atoms with Crippen molar-refractivity contribution in [3.8, 4) is 0 Å².